The van der Waals surface area contributed by atoms with Crippen molar-refractivity contribution in [2.24, 2.45) is 5.92 Å². The van der Waals surface area contributed by atoms with Gasteiger partial charge in [-0.05, 0) is 59.9 Å². The van der Waals surface area contributed by atoms with Gasteiger partial charge >= 0.3 is 0 Å². The number of rotatable bonds is 3. The smallest absolute Gasteiger partial charge is 0.0488 e. The molecule has 0 spiro atoms. The van der Waals surface area contributed by atoms with Crippen LogP contribution >= 0.6 is 15.2 Å². The Balaban J connectivity index is 1.70. The third-order valence-electron chi connectivity index (χ3n) is 6.57. The van der Waals surface area contributed by atoms with Crippen molar-refractivity contribution in [1.82, 2.24) is 0 Å². The second-order valence-electron chi connectivity index (χ2n) is 7.78. The molecule has 4 atom stereocenters. The molecule has 3 aliphatic rings. The van der Waals surface area contributed by atoms with Gasteiger partial charge in [0, 0.05) is 5.16 Å². The first-order valence-corrected chi connectivity index (χ1v) is 13.6. The van der Waals surface area contributed by atoms with E-state index in [1.54, 1.807) is 16.5 Å². The molecule has 3 heterocycles. The Kier molecular flexibility index (Phi) is 3.69. The zero-order chi connectivity index (χ0) is 17.8. The SMILES string of the molecule is c1ccc(C2=C(c3ccccc3)C3(c4ccccc4)C4CCP3P2C4)cc1. The van der Waals surface area contributed by atoms with E-state index in [9.17, 15) is 0 Å². The van der Waals surface area contributed by atoms with Crippen molar-refractivity contribution in [3.05, 3.63) is 108 Å². The van der Waals surface area contributed by atoms with E-state index in [0.29, 0.717) is 5.16 Å². The van der Waals surface area contributed by atoms with Crippen LogP contribution in [0.1, 0.15) is 23.1 Å². The van der Waals surface area contributed by atoms with Gasteiger partial charge in [-0.25, -0.2) is 0 Å². The van der Waals surface area contributed by atoms with Crippen LogP contribution < -0.4 is 0 Å². The van der Waals surface area contributed by atoms with Gasteiger partial charge in [-0.1, -0.05) is 98.6 Å². The van der Waals surface area contributed by atoms with E-state index < -0.39 is 0 Å². The van der Waals surface area contributed by atoms with Gasteiger partial charge < -0.3 is 0 Å². The number of benzene rings is 3. The van der Waals surface area contributed by atoms with Crippen LogP contribution in [0, 0.1) is 5.92 Å². The molecular weight excluding hydrogens is 362 g/mol. The fourth-order valence-corrected chi connectivity index (χ4v) is 17.4. The predicted octanol–water partition coefficient (Wildman–Crippen LogP) is 7.38. The van der Waals surface area contributed by atoms with E-state index in [2.05, 4.69) is 91.0 Å². The summed E-state index contributed by atoms with van der Waals surface area (Å²) in [5.41, 5.74) is 6.22. The summed E-state index contributed by atoms with van der Waals surface area (Å²) in [6.07, 6.45) is 4.35. The zero-order valence-corrected chi connectivity index (χ0v) is 17.0. The quantitative estimate of drug-likeness (QED) is 0.413. The summed E-state index contributed by atoms with van der Waals surface area (Å²) >= 11 is 0. The molecule has 0 aliphatic carbocycles. The van der Waals surface area contributed by atoms with Gasteiger partial charge in [0.2, 0.25) is 0 Å². The summed E-state index contributed by atoms with van der Waals surface area (Å²) in [6, 6.07) is 34.1. The molecular formula is C25H22P2. The third-order valence-corrected chi connectivity index (χ3v) is 15.7. The largest absolute Gasteiger partial charge is 0.0622 e. The lowest BCUT2D eigenvalue weighted by molar-refractivity contribution is 0.520. The highest BCUT2D eigenvalue weighted by atomic mass is 32.1. The number of hydrogen-bond donors (Lipinski definition) is 0. The highest BCUT2D eigenvalue weighted by molar-refractivity contribution is 8.36. The Morgan fingerprint density at radius 3 is 1.96 bits per heavy atom. The lowest BCUT2D eigenvalue weighted by atomic mass is 9.75. The third kappa shape index (κ3) is 2.12. The van der Waals surface area contributed by atoms with Crippen molar-refractivity contribution in [3.8, 4) is 0 Å². The fourth-order valence-electron chi connectivity index (χ4n) is 5.64. The molecule has 0 radical (unpaired) electrons. The lowest BCUT2D eigenvalue weighted by Crippen LogP contribution is -2.29. The normalized spacial score (nSPS) is 30.9. The summed E-state index contributed by atoms with van der Waals surface area (Å²) in [5, 5.41) is 2.03. The molecule has 3 aliphatic heterocycles. The number of hydrogen-bond acceptors (Lipinski definition) is 0. The lowest BCUT2D eigenvalue weighted by Gasteiger charge is -2.37. The highest BCUT2D eigenvalue weighted by Crippen LogP contribution is 3.00. The molecule has 2 heteroatoms. The second kappa shape index (κ2) is 6.13. The fraction of sp³-hybridized carbons (Fsp3) is 0.200. The molecule has 0 nitrogen and oxygen atoms in total. The minimum Gasteiger partial charge on any atom is -0.0622 e. The topological polar surface area (TPSA) is 0 Å². The van der Waals surface area contributed by atoms with Crippen LogP contribution in [-0.4, -0.2) is 12.3 Å². The van der Waals surface area contributed by atoms with E-state index in [1.165, 1.54) is 29.9 Å². The maximum absolute atomic E-state index is 2.42. The standard InChI is InChI=1S/C25H22P2/c1-4-10-19(11-5-1)23-24(20-12-6-2-7-13-20)26-18-22-16-17-27(26)25(22,23)21-14-8-3-9-15-21/h1-15,22H,16-18H2. The van der Waals surface area contributed by atoms with E-state index >= 15 is 0 Å². The first kappa shape index (κ1) is 16.2. The molecule has 6 rings (SSSR count). The van der Waals surface area contributed by atoms with Crippen LogP contribution in [0.3, 0.4) is 0 Å². The first-order chi connectivity index (χ1) is 13.4. The molecule has 3 aromatic carbocycles. The van der Waals surface area contributed by atoms with Gasteiger partial charge in [-0.15, -0.1) is 0 Å². The summed E-state index contributed by atoms with van der Waals surface area (Å²) in [5.74, 6) is 0.847. The van der Waals surface area contributed by atoms with Crippen molar-refractivity contribution in [2.75, 3.05) is 12.3 Å². The average molecular weight is 384 g/mol. The van der Waals surface area contributed by atoms with E-state index in [0.717, 1.165) is 5.92 Å². The van der Waals surface area contributed by atoms with E-state index in [-0.39, 0.29) is 15.2 Å². The van der Waals surface area contributed by atoms with Crippen molar-refractivity contribution in [2.45, 2.75) is 11.6 Å². The van der Waals surface area contributed by atoms with Crippen molar-refractivity contribution >= 4 is 26.1 Å². The minimum absolute atomic E-state index is 0.0130. The molecule has 0 saturated carbocycles. The zero-order valence-electron chi connectivity index (χ0n) is 15.3. The molecule has 2 saturated heterocycles. The van der Waals surface area contributed by atoms with Gasteiger partial charge in [0.1, 0.15) is 0 Å². The average Bonchev–Trinajstić information content (AvgIpc) is 3.38. The molecule has 4 unspecified atom stereocenters. The van der Waals surface area contributed by atoms with Crippen molar-refractivity contribution in [1.29, 1.82) is 0 Å². The molecule has 2 fully saturated rings. The van der Waals surface area contributed by atoms with Gasteiger partial charge in [-0.2, -0.15) is 0 Å². The minimum atomic E-state index is -0.0130. The van der Waals surface area contributed by atoms with Crippen LogP contribution in [-0.2, 0) is 5.16 Å². The maximum Gasteiger partial charge on any atom is 0.0488 e. The van der Waals surface area contributed by atoms with Crippen LogP contribution in [0.15, 0.2) is 91.0 Å². The predicted molar refractivity (Wildman–Crippen MR) is 119 cm³/mol. The first-order valence-electron chi connectivity index (χ1n) is 9.87. The summed E-state index contributed by atoms with van der Waals surface area (Å²) in [7, 11) is 0.0112. The second-order valence-corrected chi connectivity index (χ2v) is 14.2. The van der Waals surface area contributed by atoms with Crippen LogP contribution in [0.4, 0.5) is 0 Å². The van der Waals surface area contributed by atoms with Crippen LogP contribution in [0.2, 0.25) is 0 Å². The monoisotopic (exact) mass is 384 g/mol. The summed E-state index contributed by atoms with van der Waals surface area (Å²) in [4.78, 5) is 0. The Morgan fingerprint density at radius 1 is 0.704 bits per heavy atom. The van der Waals surface area contributed by atoms with Gasteiger partial charge in [0.25, 0.3) is 0 Å². The summed E-state index contributed by atoms with van der Waals surface area (Å²) in [6.45, 7) is 0. The molecule has 4 bridgehead atoms. The van der Waals surface area contributed by atoms with Crippen LogP contribution in [0.5, 0.6) is 0 Å². The molecule has 27 heavy (non-hydrogen) atoms. The Hall–Kier alpha value is -1.74. The molecule has 0 N–H and O–H groups in total. The van der Waals surface area contributed by atoms with Crippen molar-refractivity contribution in [3.63, 3.8) is 0 Å². The van der Waals surface area contributed by atoms with Gasteiger partial charge in [0.05, 0.1) is 0 Å². The Labute approximate surface area is 163 Å². The molecule has 132 valence electrons. The Morgan fingerprint density at radius 2 is 1.30 bits per heavy atom. The van der Waals surface area contributed by atoms with E-state index in [1.807, 2.05) is 0 Å². The van der Waals surface area contributed by atoms with Crippen molar-refractivity contribution < 1.29 is 0 Å². The maximum atomic E-state index is 2.42. The van der Waals surface area contributed by atoms with Gasteiger partial charge in [0.15, 0.2) is 0 Å². The molecule has 0 amide bonds. The molecule has 3 aromatic rings. The van der Waals surface area contributed by atoms with Gasteiger partial charge in [-0.3, -0.25) is 0 Å². The molecule has 0 aromatic heterocycles. The van der Waals surface area contributed by atoms with E-state index in [4.69, 9.17) is 0 Å². The van der Waals surface area contributed by atoms with Crippen LogP contribution in [0.25, 0.3) is 10.9 Å². The number of allylic oxidation sites excluding steroid dienone is 1. The Bertz CT molecular complexity index is 1010. The highest BCUT2D eigenvalue weighted by Gasteiger charge is 2.67. The summed E-state index contributed by atoms with van der Waals surface area (Å²) < 4.78 is 0.